The topological polar surface area (TPSA) is 21.3 Å². The highest BCUT2D eigenvalue weighted by Gasteiger charge is 2.67. The zero-order chi connectivity index (χ0) is 15.3. The molecule has 1 saturated heterocycles. The average molecular weight is 340 g/mol. The fraction of sp³-hybridized carbons (Fsp3) is 0.571. The highest BCUT2D eigenvalue weighted by Crippen LogP contribution is 2.62. The van der Waals surface area contributed by atoms with E-state index in [0.717, 1.165) is 18.7 Å². The maximum Gasteiger partial charge on any atom is 0.411 e. The van der Waals surface area contributed by atoms with Crippen molar-refractivity contribution in [3.05, 3.63) is 33.8 Å². The van der Waals surface area contributed by atoms with E-state index < -0.39 is 12.8 Å². The lowest BCUT2D eigenvalue weighted by Crippen LogP contribution is -2.31. The van der Waals surface area contributed by atoms with E-state index in [-0.39, 0.29) is 12.0 Å². The SMILES string of the molecule is FC(F)(F)COC[C@]1(c2ccc(Cl)c(Cl)c2)[C@@H]2CNC[C@@H]21. The number of hydrogen-bond donors (Lipinski definition) is 1. The highest BCUT2D eigenvalue weighted by atomic mass is 35.5. The summed E-state index contributed by atoms with van der Waals surface area (Å²) >= 11 is 12.0. The van der Waals surface area contributed by atoms with Crippen LogP contribution in [-0.2, 0) is 10.2 Å². The van der Waals surface area contributed by atoms with Gasteiger partial charge in [0.15, 0.2) is 0 Å². The fourth-order valence-electron chi connectivity index (χ4n) is 3.49. The summed E-state index contributed by atoms with van der Waals surface area (Å²) in [6.07, 6.45) is -4.30. The molecule has 0 aromatic heterocycles. The Morgan fingerprint density at radius 2 is 1.86 bits per heavy atom. The summed E-state index contributed by atoms with van der Waals surface area (Å²) in [7, 11) is 0. The number of piperidine rings is 1. The van der Waals surface area contributed by atoms with Crippen molar-refractivity contribution in [1.29, 1.82) is 0 Å². The van der Waals surface area contributed by atoms with Crippen LogP contribution in [0, 0.1) is 11.8 Å². The van der Waals surface area contributed by atoms with Crippen molar-refractivity contribution in [3.8, 4) is 0 Å². The number of fused-ring (bicyclic) bond motifs is 1. The van der Waals surface area contributed by atoms with Gasteiger partial charge in [0.25, 0.3) is 0 Å². The first-order valence-electron chi connectivity index (χ1n) is 6.65. The number of ether oxygens (including phenoxy) is 1. The summed E-state index contributed by atoms with van der Waals surface area (Å²) in [5.41, 5.74) is 0.542. The number of hydrogen-bond acceptors (Lipinski definition) is 2. The van der Waals surface area contributed by atoms with Crippen molar-refractivity contribution in [1.82, 2.24) is 5.32 Å². The van der Waals surface area contributed by atoms with E-state index in [4.69, 9.17) is 27.9 Å². The second kappa shape index (κ2) is 5.30. The van der Waals surface area contributed by atoms with E-state index in [1.54, 1.807) is 12.1 Å². The monoisotopic (exact) mass is 339 g/mol. The van der Waals surface area contributed by atoms with Crippen LogP contribution < -0.4 is 5.32 Å². The molecule has 2 nitrogen and oxygen atoms in total. The van der Waals surface area contributed by atoms with Gasteiger partial charge in [0, 0.05) is 5.41 Å². The number of halogens is 5. The van der Waals surface area contributed by atoms with Crippen molar-refractivity contribution < 1.29 is 17.9 Å². The average Bonchev–Trinajstić information content (AvgIpc) is 2.79. The van der Waals surface area contributed by atoms with E-state index in [9.17, 15) is 13.2 Å². The number of nitrogens with one attached hydrogen (secondary N) is 1. The summed E-state index contributed by atoms with van der Waals surface area (Å²) in [5.74, 6) is 0.589. The third-order valence-electron chi connectivity index (χ3n) is 4.49. The second-order valence-corrected chi connectivity index (χ2v) is 6.46. The van der Waals surface area contributed by atoms with Gasteiger partial charge in [-0.05, 0) is 42.6 Å². The third kappa shape index (κ3) is 2.77. The Balaban J connectivity index is 1.80. The lowest BCUT2D eigenvalue weighted by Gasteiger charge is -2.23. The maximum absolute atomic E-state index is 12.3. The van der Waals surface area contributed by atoms with Gasteiger partial charge in [0.1, 0.15) is 6.61 Å². The van der Waals surface area contributed by atoms with Gasteiger partial charge in [-0.15, -0.1) is 0 Å². The summed E-state index contributed by atoms with van der Waals surface area (Å²) in [6.45, 7) is 0.422. The molecule has 1 N–H and O–H groups in total. The normalized spacial score (nSPS) is 31.3. The van der Waals surface area contributed by atoms with E-state index in [0.29, 0.717) is 21.9 Å². The van der Waals surface area contributed by atoms with Gasteiger partial charge in [0.2, 0.25) is 0 Å². The van der Waals surface area contributed by atoms with Crippen molar-refractivity contribution >= 4 is 23.2 Å². The Labute approximate surface area is 130 Å². The smallest absolute Gasteiger partial charge is 0.371 e. The lowest BCUT2D eigenvalue weighted by atomic mass is 9.91. The Kier molecular flexibility index (Phi) is 3.89. The molecule has 0 unspecified atom stereocenters. The van der Waals surface area contributed by atoms with Gasteiger partial charge < -0.3 is 10.1 Å². The summed E-state index contributed by atoms with van der Waals surface area (Å²) < 4.78 is 41.8. The minimum atomic E-state index is -4.30. The molecule has 0 bridgehead atoms. The van der Waals surface area contributed by atoms with Gasteiger partial charge >= 0.3 is 6.18 Å². The summed E-state index contributed by atoms with van der Waals surface area (Å²) in [6, 6.07) is 5.27. The molecule has 3 atom stereocenters. The molecular weight excluding hydrogens is 326 g/mol. The lowest BCUT2D eigenvalue weighted by molar-refractivity contribution is -0.176. The molecule has 0 spiro atoms. The van der Waals surface area contributed by atoms with E-state index in [1.165, 1.54) is 0 Å². The predicted octanol–water partition coefficient (Wildman–Crippen LogP) is 3.66. The summed E-state index contributed by atoms with van der Waals surface area (Å²) in [5, 5.41) is 4.10. The van der Waals surface area contributed by atoms with Crippen molar-refractivity contribution in [2.45, 2.75) is 11.6 Å². The van der Waals surface area contributed by atoms with E-state index >= 15 is 0 Å². The molecular formula is C14H14Cl2F3NO. The van der Waals surface area contributed by atoms with Crippen LogP contribution >= 0.6 is 23.2 Å². The number of benzene rings is 1. The molecule has 116 valence electrons. The van der Waals surface area contributed by atoms with Crippen LogP contribution in [0.1, 0.15) is 5.56 Å². The molecule has 0 radical (unpaired) electrons. The number of rotatable bonds is 4. The largest absolute Gasteiger partial charge is 0.411 e. The van der Waals surface area contributed by atoms with Crippen LogP contribution in [0.5, 0.6) is 0 Å². The third-order valence-corrected chi connectivity index (χ3v) is 5.23. The fourth-order valence-corrected chi connectivity index (χ4v) is 3.79. The Morgan fingerprint density at radius 3 is 2.43 bits per heavy atom. The van der Waals surface area contributed by atoms with Crippen LogP contribution in [0.3, 0.4) is 0 Å². The minimum Gasteiger partial charge on any atom is -0.371 e. The number of alkyl halides is 3. The van der Waals surface area contributed by atoms with Crippen molar-refractivity contribution in [2.75, 3.05) is 26.3 Å². The van der Waals surface area contributed by atoms with Crippen LogP contribution in [0.25, 0.3) is 0 Å². The van der Waals surface area contributed by atoms with Gasteiger partial charge in [-0.3, -0.25) is 0 Å². The quantitative estimate of drug-likeness (QED) is 0.903. The molecule has 0 amide bonds. The van der Waals surface area contributed by atoms with Crippen LogP contribution in [-0.4, -0.2) is 32.5 Å². The first kappa shape index (κ1) is 15.4. The predicted molar refractivity (Wildman–Crippen MR) is 74.9 cm³/mol. The Hall–Kier alpha value is -0.490. The van der Waals surface area contributed by atoms with Gasteiger partial charge in [0.05, 0.1) is 16.7 Å². The van der Waals surface area contributed by atoms with Gasteiger partial charge in [-0.25, -0.2) is 0 Å². The van der Waals surface area contributed by atoms with E-state index in [1.807, 2.05) is 6.07 Å². The van der Waals surface area contributed by atoms with Gasteiger partial charge in [-0.1, -0.05) is 29.3 Å². The van der Waals surface area contributed by atoms with Crippen LogP contribution in [0.4, 0.5) is 13.2 Å². The molecule has 7 heteroatoms. The highest BCUT2D eigenvalue weighted by molar-refractivity contribution is 6.42. The summed E-state index contributed by atoms with van der Waals surface area (Å²) in [4.78, 5) is 0. The maximum atomic E-state index is 12.3. The Morgan fingerprint density at radius 1 is 1.19 bits per heavy atom. The van der Waals surface area contributed by atoms with Crippen molar-refractivity contribution in [3.63, 3.8) is 0 Å². The first-order chi connectivity index (χ1) is 9.84. The molecule has 1 saturated carbocycles. The zero-order valence-corrected chi connectivity index (χ0v) is 12.5. The molecule has 1 aromatic carbocycles. The van der Waals surface area contributed by atoms with E-state index in [2.05, 4.69) is 5.32 Å². The minimum absolute atomic E-state index is 0.0570. The molecule has 1 heterocycles. The van der Waals surface area contributed by atoms with Crippen LogP contribution in [0.15, 0.2) is 18.2 Å². The standard InChI is InChI=1S/C14H14Cl2F3NO/c15-11-2-1-8(3-12(11)16)13(6-21-7-14(17,18)19)9-4-20-5-10(9)13/h1-3,9-10,20H,4-7H2/t9-,10+,13+. The first-order valence-corrected chi connectivity index (χ1v) is 7.41. The molecule has 3 rings (SSSR count). The molecule has 2 fully saturated rings. The molecule has 21 heavy (non-hydrogen) atoms. The zero-order valence-electron chi connectivity index (χ0n) is 11.0. The van der Waals surface area contributed by atoms with Crippen LogP contribution in [0.2, 0.25) is 10.0 Å². The molecule has 1 aromatic rings. The van der Waals surface area contributed by atoms with Crippen molar-refractivity contribution in [2.24, 2.45) is 11.8 Å². The Bertz CT molecular complexity index is 540. The molecule has 2 aliphatic rings. The molecule has 1 aliphatic carbocycles. The molecule has 1 aliphatic heterocycles. The van der Waals surface area contributed by atoms with Gasteiger partial charge in [-0.2, -0.15) is 13.2 Å². The second-order valence-electron chi connectivity index (χ2n) is 5.65.